The number of carbonyl (C=O) groups excluding carboxylic acids is 2. The van der Waals surface area contributed by atoms with Gasteiger partial charge in [0, 0.05) is 91.6 Å². The van der Waals surface area contributed by atoms with Crippen LogP contribution in [0.15, 0.2) is 96.3 Å². The van der Waals surface area contributed by atoms with E-state index in [1.165, 1.54) is 66.9 Å². The molecule has 1 N–H and O–H groups in total. The quantitative estimate of drug-likeness (QED) is 0.0750. The van der Waals surface area contributed by atoms with Crippen molar-refractivity contribution in [1.29, 1.82) is 0 Å². The highest BCUT2D eigenvalue weighted by Gasteiger charge is 2.30. The molecule has 73 heavy (non-hydrogen) atoms. The summed E-state index contributed by atoms with van der Waals surface area (Å²) in [7, 11) is 9.01. The summed E-state index contributed by atoms with van der Waals surface area (Å²) in [6.45, 7) is 7.75. The molecule has 7 rings (SSSR count). The van der Waals surface area contributed by atoms with Gasteiger partial charge in [0.05, 0.1) is 42.7 Å². The lowest BCUT2D eigenvalue weighted by molar-refractivity contribution is 0.0717. The predicted molar refractivity (Wildman–Crippen MR) is 273 cm³/mol. The largest absolute Gasteiger partial charge is 0.493 e. The first-order valence-electron chi connectivity index (χ1n) is 24.0. The molecule has 2 amide bonds. The Labute approximate surface area is 425 Å². The molecular formula is C56H65F4N5O8. The third-order valence-corrected chi connectivity index (χ3v) is 12.7. The van der Waals surface area contributed by atoms with E-state index in [1.807, 2.05) is 26.0 Å². The van der Waals surface area contributed by atoms with Gasteiger partial charge in [-0.25, -0.2) is 17.6 Å². The van der Waals surface area contributed by atoms with Gasteiger partial charge in [-0.05, 0) is 119 Å². The van der Waals surface area contributed by atoms with Gasteiger partial charge >= 0.3 is 0 Å². The van der Waals surface area contributed by atoms with Gasteiger partial charge in [0.2, 0.25) is 11.5 Å². The number of benzene rings is 4. The fourth-order valence-electron chi connectivity index (χ4n) is 9.14. The van der Waals surface area contributed by atoms with Crippen molar-refractivity contribution >= 4 is 24.0 Å². The zero-order valence-electron chi connectivity index (χ0n) is 42.7. The summed E-state index contributed by atoms with van der Waals surface area (Å²) in [5, 5.41) is 3.41. The van der Waals surface area contributed by atoms with Crippen molar-refractivity contribution in [3.8, 4) is 34.5 Å². The minimum absolute atomic E-state index is 0.134. The third-order valence-electron chi connectivity index (χ3n) is 12.7. The summed E-state index contributed by atoms with van der Waals surface area (Å²) in [6.07, 6.45) is 10.8. The maximum absolute atomic E-state index is 14.4. The van der Waals surface area contributed by atoms with Gasteiger partial charge in [-0.1, -0.05) is 23.3 Å². The number of rotatable bonds is 20. The number of aromatic nitrogens is 1. The molecule has 13 nitrogen and oxygen atoms in total. The Morgan fingerprint density at radius 2 is 1.10 bits per heavy atom. The molecule has 2 saturated heterocycles. The number of amides is 2. The third kappa shape index (κ3) is 14.8. The first-order chi connectivity index (χ1) is 35.2. The topological polar surface area (TPSA) is 124 Å². The zero-order valence-corrected chi connectivity index (χ0v) is 42.7. The summed E-state index contributed by atoms with van der Waals surface area (Å²) in [5.41, 5.74) is 3.99. The summed E-state index contributed by atoms with van der Waals surface area (Å²) < 4.78 is 87.7. The van der Waals surface area contributed by atoms with Gasteiger partial charge in [-0.15, -0.1) is 0 Å². The summed E-state index contributed by atoms with van der Waals surface area (Å²) in [5.74, 6) is -0.654. The van der Waals surface area contributed by atoms with Crippen molar-refractivity contribution in [2.75, 3.05) is 81.9 Å². The van der Waals surface area contributed by atoms with Crippen LogP contribution < -0.4 is 33.7 Å². The average Bonchev–Trinajstić information content (AvgIpc) is 4.08. The van der Waals surface area contributed by atoms with Crippen LogP contribution in [0.2, 0.25) is 0 Å². The maximum Gasteiger partial charge on any atom is 0.254 e. The second-order valence-corrected chi connectivity index (χ2v) is 17.9. The maximum atomic E-state index is 14.4. The molecule has 390 valence electrons. The zero-order chi connectivity index (χ0) is 52.6. The molecular weight excluding hydrogens is 947 g/mol. The average molecular weight is 1010 g/mol. The van der Waals surface area contributed by atoms with E-state index in [4.69, 9.17) is 28.4 Å². The highest BCUT2D eigenvalue weighted by Crippen LogP contribution is 2.40. The Kier molecular flexibility index (Phi) is 20.1. The number of halogens is 4. The fraction of sp³-hybridized carbons (Fsp3) is 0.375. The van der Waals surface area contributed by atoms with E-state index in [0.717, 1.165) is 74.2 Å². The van der Waals surface area contributed by atoms with Crippen LogP contribution in [0.4, 0.5) is 17.6 Å². The summed E-state index contributed by atoms with van der Waals surface area (Å²) in [6, 6.07) is 17.7. The van der Waals surface area contributed by atoms with Crippen LogP contribution in [-0.4, -0.2) is 126 Å². The molecule has 1 aromatic heterocycles. The molecule has 2 atom stereocenters. The highest BCUT2D eigenvalue weighted by molar-refractivity contribution is 5.96. The Hall–Kier alpha value is -7.11. The fourth-order valence-corrected chi connectivity index (χ4v) is 9.14. The van der Waals surface area contributed by atoms with E-state index >= 15 is 0 Å². The first-order valence-corrected chi connectivity index (χ1v) is 24.0. The minimum atomic E-state index is -0.652. The van der Waals surface area contributed by atoms with Gasteiger partial charge in [0.25, 0.3) is 11.8 Å². The van der Waals surface area contributed by atoms with Crippen LogP contribution >= 0.6 is 0 Å². The number of methoxy groups -OCH3 is 6. The Balaban J connectivity index is 0.000000243. The van der Waals surface area contributed by atoms with E-state index in [-0.39, 0.29) is 48.1 Å². The molecule has 0 saturated carbocycles. The summed E-state index contributed by atoms with van der Waals surface area (Å²) in [4.78, 5) is 37.6. The predicted octanol–water partition coefficient (Wildman–Crippen LogP) is 9.88. The molecule has 5 aromatic rings. The van der Waals surface area contributed by atoms with Crippen LogP contribution in [0, 0.1) is 23.3 Å². The number of ether oxygens (including phenoxy) is 6. The van der Waals surface area contributed by atoms with Gasteiger partial charge < -0.3 is 43.5 Å². The Morgan fingerprint density at radius 3 is 1.51 bits per heavy atom. The smallest absolute Gasteiger partial charge is 0.254 e. The molecule has 4 aromatic carbocycles. The van der Waals surface area contributed by atoms with E-state index in [1.54, 1.807) is 58.6 Å². The van der Waals surface area contributed by atoms with Gasteiger partial charge in [-0.2, -0.15) is 0 Å². The second-order valence-electron chi connectivity index (χ2n) is 17.9. The lowest BCUT2D eigenvalue weighted by Gasteiger charge is -2.31. The lowest BCUT2D eigenvalue weighted by Crippen LogP contribution is -2.43. The number of likely N-dealkylation sites (tertiary alicyclic amines) is 1. The molecule has 17 heteroatoms. The number of pyridine rings is 1. The monoisotopic (exact) mass is 1010 g/mol. The van der Waals surface area contributed by atoms with E-state index < -0.39 is 23.3 Å². The normalized spacial score (nSPS) is 15.8. The molecule has 2 aliphatic rings. The van der Waals surface area contributed by atoms with Crippen LogP contribution in [0.1, 0.15) is 76.9 Å². The Morgan fingerprint density at radius 1 is 0.630 bits per heavy atom. The van der Waals surface area contributed by atoms with Crippen LogP contribution in [-0.2, 0) is 6.54 Å². The first kappa shape index (κ1) is 55.2. The minimum Gasteiger partial charge on any atom is -0.493 e. The van der Waals surface area contributed by atoms with Crippen LogP contribution in [0.5, 0.6) is 34.5 Å². The second kappa shape index (κ2) is 26.5. The van der Waals surface area contributed by atoms with Crippen molar-refractivity contribution in [3.05, 3.63) is 147 Å². The number of nitrogens with zero attached hydrogens (tertiary/aromatic N) is 4. The molecule has 2 aliphatic heterocycles. The van der Waals surface area contributed by atoms with E-state index in [0.29, 0.717) is 58.7 Å². The van der Waals surface area contributed by atoms with Gasteiger partial charge in [-0.3, -0.25) is 19.5 Å². The standard InChI is InChI=1S/C31H35F2N3O4.C25H30F2N2O4/c1-21(14-23-7-8-25(32)17-27(23)33)18-36(20-26-6-5-13-35(26)19-22-9-11-34-12-10-22)31(37)24-15-28(38-2)30(40-4)29(16-24)39-3;1-16(10-17-7-8-19(26)13-21(17)27)14-29(15-20-6-5-9-28-20)25(30)18-11-22(31-2)24(33-4)23(12-18)32-3/h7-12,14-17,26H,5-6,13,18-20H2,1-4H3;7-8,10-13,20,28H,5-6,9,14-15H2,1-4H3/b21-14+;16-10+/t26-;20-/m11/s1. The molecule has 3 heterocycles. The van der Waals surface area contributed by atoms with E-state index in [9.17, 15) is 27.2 Å². The van der Waals surface area contributed by atoms with Gasteiger partial charge in [0.1, 0.15) is 23.3 Å². The molecule has 0 aliphatic carbocycles. The van der Waals surface area contributed by atoms with Crippen LogP contribution in [0.3, 0.4) is 0 Å². The van der Waals surface area contributed by atoms with Crippen molar-refractivity contribution in [2.45, 2.75) is 58.2 Å². The molecule has 0 spiro atoms. The van der Waals surface area contributed by atoms with Crippen molar-refractivity contribution < 1.29 is 55.6 Å². The van der Waals surface area contributed by atoms with E-state index in [2.05, 4.69) is 15.2 Å². The number of hydrogen-bond donors (Lipinski definition) is 1. The van der Waals surface area contributed by atoms with Crippen molar-refractivity contribution in [2.24, 2.45) is 0 Å². The van der Waals surface area contributed by atoms with Crippen LogP contribution in [0.25, 0.3) is 12.2 Å². The molecule has 0 bridgehead atoms. The van der Waals surface area contributed by atoms with Crippen molar-refractivity contribution in [3.63, 3.8) is 0 Å². The molecule has 0 unspecified atom stereocenters. The number of carbonyl (C=O) groups is 2. The number of nitrogens with one attached hydrogen (secondary N) is 1. The molecule has 2 fully saturated rings. The highest BCUT2D eigenvalue weighted by atomic mass is 19.1. The number of hydrogen-bond acceptors (Lipinski definition) is 11. The lowest BCUT2D eigenvalue weighted by atomic mass is 10.1. The van der Waals surface area contributed by atoms with Crippen molar-refractivity contribution in [1.82, 2.24) is 25.0 Å². The molecule has 0 radical (unpaired) electrons. The summed E-state index contributed by atoms with van der Waals surface area (Å²) >= 11 is 0. The Bertz CT molecular complexity index is 2690. The SMILES string of the molecule is COc1cc(C(=O)N(C/C(C)=C/c2ccc(F)cc2F)C[C@H]2CCCN2)cc(OC)c1OC.COc1cc(C(=O)N(C/C(C)=C/c2ccc(F)cc2F)C[C@H]2CCCN2Cc2ccncc2)cc(OC)c1OC. The van der Waals surface area contributed by atoms with Gasteiger partial charge in [0.15, 0.2) is 23.0 Å².